The summed E-state index contributed by atoms with van der Waals surface area (Å²) in [5.41, 5.74) is 0.612. The second kappa shape index (κ2) is 8.55. The number of nitrogens with zero attached hydrogens (tertiary/aromatic N) is 1. The molecule has 25 heavy (non-hydrogen) atoms. The molecular formula is C19H22F2N2O2. The van der Waals surface area contributed by atoms with Crippen molar-refractivity contribution < 1.29 is 18.3 Å². The largest absolute Gasteiger partial charge is 0.490 e. The van der Waals surface area contributed by atoms with Crippen molar-refractivity contribution in [2.45, 2.75) is 46.1 Å². The highest BCUT2D eigenvalue weighted by Crippen LogP contribution is 2.28. The summed E-state index contributed by atoms with van der Waals surface area (Å²) in [6, 6.07) is 8.09. The van der Waals surface area contributed by atoms with E-state index in [9.17, 15) is 13.6 Å². The Hall–Kier alpha value is -2.50. The molecule has 4 nitrogen and oxygen atoms in total. The third-order valence-corrected chi connectivity index (χ3v) is 3.85. The first-order valence-corrected chi connectivity index (χ1v) is 8.24. The summed E-state index contributed by atoms with van der Waals surface area (Å²) in [7, 11) is 0. The first-order valence-electron chi connectivity index (χ1n) is 8.24. The molecule has 0 fully saturated rings. The fraction of sp³-hybridized carbons (Fsp3) is 0.368. The average Bonchev–Trinajstić information content (AvgIpc) is 2.58. The van der Waals surface area contributed by atoms with Crippen LogP contribution in [-0.2, 0) is 0 Å². The molecule has 1 atom stereocenters. The van der Waals surface area contributed by atoms with Gasteiger partial charge in [-0.25, -0.2) is 8.78 Å². The van der Waals surface area contributed by atoms with Crippen molar-refractivity contribution in [3.05, 3.63) is 53.3 Å². The summed E-state index contributed by atoms with van der Waals surface area (Å²) >= 11 is 0. The van der Waals surface area contributed by atoms with E-state index in [0.29, 0.717) is 11.4 Å². The van der Waals surface area contributed by atoms with Crippen LogP contribution in [0.3, 0.4) is 0 Å². The van der Waals surface area contributed by atoms with Gasteiger partial charge in [-0.15, -0.1) is 0 Å². The van der Waals surface area contributed by atoms with Crippen LogP contribution in [-0.4, -0.2) is 17.0 Å². The van der Waals surface area contributed by atoms with E-state index in [0.717, 1.165) is 18.4 Å². The van der Waals surface area contributed by atoms with Gasteiger partial charge in [0.05, 0.1) is 11.7 Å². The van der Waals surface area contributed by atoms with Gasteiger partial charge in [0.25, 0.3) is 12.3 Å². The summed E-state index contributed by atoms with van der Waals surface area (Å²) in [4.78, 5) is 16.0. The zero-order valence-corrected chi connectivity index (χ0v) is 14.6. The number of aromatic nitrogens is 1. The Kier molecular flexibility index (Phi) is 6.44. The molecule has 1 amide bonds. The highest BCUT2D eigenvalue weighted by atomic mass is 19.3. The average molecular weight is 348 g/mol. The van der Waals surface area contributed by atoms with Crippen molar-refractivity contribution in [1.29, 1.82) is 0 Å². The number of hydrogen-bond acceptors (Lipinski definition) is 3. The SMILES string of the molecule is CCCC(C)Oc1cccc(NC(=O)c2cccnc2C(F)F)c1C. The quantitative estimate of drug-likeness (QED) is 0.753. The van der Waals surface area contributed by atoms with Crippen LogP contribution >= 0.6 is 0 Å². The van der Waals surface area contributed by atoms with Crippen molar-refractivity contribution in [2.24, 2.45) is 0 Å². The van der Waals surface area contributed by atoms with Crippen LogP contribution in [0, 0.1) is 6.92 Å². The van der Waals surface area contributed by atoms with E-state index in [1.165, 1.54) is 18.3 Å². The van der Waals surface area contributed by atoms with Crippen LogP contribution in [0.1, 0.15) is 54.7 Å². The van der Waals surface area contributed by atoms with E-state index in [4.69, 9.17) is 4.74 Å². The van der Waals surface area contributed by atoms with Crippen LogP contribution < -0.4 is 10.1 Å². The first kappa shape index (κ1) is 18.8. The standard InChI is InChI=1S/C19H22F2N2O2/c1-4-7-12(2)25-16-10-5-9-15(13(16)3)23-19(24)14-8-6-11-22-17(14)18(20)21/h5-6,8-12,18H,4,7H2,1-3H3,(H,23,24). The molecule has 1 aromatic carbocycles. The molecule has 1 heterocycles. The van der Waals surface area contributed by atoms with E-state index < -0.39 is 18.0 Å². The molecule has 134 valence electrons. The van der Waals surface area contributed by atoms with Gasteiger partial charge in [0.15, 0.2) is 0 Å². The number of carbonyl (C=O) groups is 1. The van der Waals surface area contributed by atoms with Crippen molar-refractivity contribution in [2.75, 3.05) is 5.32 Å². The fourth-order valence-electron chi connectivity index (χ4n) is 2.53. The molecule has 1 N–H and O–H groups in total. The third-order valence-electron chi connectivity index (χ3n) is 3.85. The van der Waals surface area contributed by atoms with Gasteiger partial charge in [-0.05, 0) is 44.5 Å². The predicted molar refractivity (Wildman–Crippen MR) is 93.3 cm³/mol. The molecule has 2 aromatic rings. The maximum Gasteiger partial charge on any atom is 0.281 e. The molecule has 0 aliphatic heterocycles. The van der Waals surface area contributed by atoms with Crippen LogP contribution in [0.4, 0.5) is 14.5 Å². The number of ether oxygens (including phenoxy) is 1. The van der Waals surface area contributed by atoms with Crippen molar-refractivity contribution >= 4 is 11.6 Å². The maximum atomic E-state index is 13.0. The Morgan fingerprint density at radius 3 is 2.72 bits per heavy atom. The summed E-state index contributed by atoms with van der Waals surface area (Å²) in [6.07, 6.45) is 0.413. The van der Waals surface area contributed by atoms with E-state index in [-0.39, 0.29) is 11.7 Å². The normalized spacial score (nSPS) is 12.1. The van der Waals surface area contributed by atoms with Gasteiger partial charge in [-0.1, -0.05) is 19.4 Å². The van der Waals surface area contributed by atoms with Gasteiger partial charge in [-0.2, -0.15) is 0 Å². The summed E-state index contributed by atoms with van der Waals surface area (Å²) in [5, 5.41) is 2.68. The Morgan fingerprint density at radius 1 is 1.28 bits per heavy atom. The van der Waals surface area contributed by atoms with Crippen molar-refractivity contribution in [1.82, 2.24) is 4.98 Å². The van der Waals surface area contributed by atoms with Gasteiger partial charge in [-0.3, -0.25) is 9.78 Å². The third kappa shape index (κ3) is 4.75. The monoisotopic (exact) mass is 348 g/mol. The maximum absolute atomic E-state index is 13.0. The van der Waals surface area contributed by atoms with Gasteiger partial charge in [0, 0.05) is 17.4 Å². The number of amides is 1. The minimum Gasteiger partial charge on any atom is -0.490 e. The molecule has 1 aromatic heterocycles. The van der Waals surface area contributed by atoms with Gasteiger partial charge >= 0.3 is 0 Å². The van der Waals surface area contributed by atoms with E-state index in [1.54, 1.807) is 12.1 Å². The molecule has 0 radical (unpaired) electrons. The minimum atomic E-state index is -2.81. The van der Waals surface area contributed by atoms with Gasteiger partial charge < -0.3 is 10.1 Å². The summed E-state index contributed by atoms with van der Waals surface area (Å²) < 4.78 is 31.9. The Labute approximate surface area is 146 Å². The number of benzene rings is 1. The molecule has 0 saturated heterocycles. The topological polar surface area (TPSA) is 51.2 Å². The second-order valence-corrected chi connectivity index (χ2v) is 5.84. The minimum absolute atomic E-state index is 0.0541. The van der Waals surface area contributed by atoms with E-state index in [1.807, 2.05) is 19.9 Å². The lowest BCUT2D eigenvalue weighted by Gasteiger charge is -2.18. The lowest BCUT2D eigenvalue weighted by molar-refractivity contribution is 0.100. The number of carbonyl (C=O) groups excluding carboxylic acids is 1. The van der Waals surface area contributed by atoms with Crippen LogP contribution in [0.15, 0.2) is 36.5 Å². The number of rotatable bonds is 7. The molecule has 1 unspecified atom stereocenters. The van der Waals surface area contributed by atoms with E-state index in [2.05, 4.69) is 17.2 Å². The van der Waals surface area contributed by atoms with Gasteiger partial charge in [0.2, 0.25) is 0 Å². The molecule has 0 aliphatic rings. The lowest BCUT2D eigenvalue weighted by Crippen LogP contribution is -2.17. The number of nitrogens with one attached hydrogen (secondary N) is 1. The Morgan fingerprint density at radius 2 is 2.04 bits per heavy atom. The van der Waals surface area contributed by atoms with Gasteiger partial charge in [0.1, 0.15) is 11.4 Å². The summed E-state index contributed by atoms with van der Waals surface area (Å²) in [5.74, 6) is 0.0456. The highest BCUT2D eigenvalue weighted by molar-refractivity contribution is 6.05. The van der Waals surface area contributed by atoms with Crippen molar-refractivity contribution in [3.8, 4) is 5.75 Å². The van der Waals surface area contributed by atoms with Crippen LogP contribution in [0.5, 0.6) is 5.75 Å². The van der Waals surface area contributed by atoms with Crippen LogP contribution in [0.25, 0.3) is 0 Å². The molecule has 0 spiro atoms. The Bertz CT molecular complexity index is 735. The second-order valence-electron chi connectivity index (χ2n) is 5.84. The van der Waals surface area contributed by atoms with Crippen LogP contribution in [0.2, 0.25) is 0 Å². The molecule has 0 aliphatic carbocycles. The molecule has 6 heteroatoms. The first-order chi connectivity index (χ1) is 11.9. The predicted octanol–water partition coefficient (Wildman–Crippen LogP) is 5.15. The number of pyridine rings is 1. The number of alkyl halides is 2. The molecule has 2 rings (SSSR count). The van der Waals surface area contributed by atoms with Crippen molar-refractivity contribution in [3.63, 3.8) is 0 Å². The lowest BCUT2D eigenvalue weighted by atomic mass is 10.1. The summed E-state index contributed by atoms with van der Waals surface area (Å²) in [6.45, 7) is 5.89. The molecule has 0 saturated carbocycles. The number of hydrogen-bond donors (Lipinski definition) is 1. The highest BCUT2D eigenvalue weighted by Gasteiger charge is 2.20. The Balaban J connectivity index is 2.22. The zero-order chi connectivity index (χ0) is 18.4. The van der Waals surface area contributed by atoms with E-state index >= 15 is 0 Å². The zero-order valence-electron chi connectivity index (χ0n) is 14.6. The number of halogens is 2. The smallest absolute Gasteiger partial charge is 0.281 e. The number of anilines is 1. The molecule has 0 bridgehead atoms. The molecular weight excluding hydrogens is 326 g/mol. The fourth-order valence-corrected chi connectivity index (χ4v) is 2.53.